The minimum Gasteiger partial charge on any atom is -0.481 e. The zero-order valence-electron chi connectivity index (χ0n) is 19.2. The van der Waals surface area contributed by atoms with E-state index < -0.39 is 17.6 Å². The highest BCUT2D eigenvalue weighted by atomic mass is 16.5. The lowest BCUT2D eigenvalue weighted by molar-refractivity contribution is -0.141. The van der Waals surface area contributed by atoms with Gasteiger partial charge >= 0.3 is 5.97 Å². The maximum absolute atomic E-state index is 13.1. The lowest BCUT2D eigenvalue weighted by Gasteiger charge is -2.41. The summed E-state index contributed by atoms with van der Waals surface area (Å²) in [7, 11) is 0. The number of hydrogen-bond donors (Lipinski definition) is 3. The summed E-state index contributed by atoms with van der Waals surface area (Å²) in [5.41, 5.74) is 7.78. The van der Waals surface area contributed by atoms with E-state index >= 15 is 0 Å². The number of hydrazone groups is 1. The third kappa shape index (κ3) is 5.46. The van der Waals surface area contributed by atoms with Crippen molar-refractivity contribution in [3.63, 3.8) is 0 Å². The number of ether oxygens (including phenoxy) is 1. The van der Waals surface area contributed by atoms with E-state index in [4.69, 9.17) is 10.5 Å². The SMILES string of the molecule is NC1(CCO)Oc2ccc(C(=O)c3ccc(C=NN4CCCCC4)cc3)cc2CC1CC(=O)O. The van der Waals surface area contributed by atoms with Crippen LogP contribution in [0.2, 0.25) is 0 Å². The highest BCUT2D eigenvalue weighted by Gasteiger charge is 2.42. The van der Waals surface area contributed by atoms with Crippen LogP contribution in [-0.4, -0.2) is 58.6 Å². The summed E-state index contributed by atoms with van der Waals surface area (Å²) in [5.74, 6) is -1.12. The number of aliphatic carboxylic acids is 1. The Morgan fingerprint density at radius 1 is 1.12 bits per heavy atom. The third-order valence-electron chi connectivity index (χ3n) is 6.58. The van der Waals surface area contributed by atoms with Gasteiger partial charge in [0, 0.05) is 43.2 Å². The van der Waals surface area contributed by atoms with Gasteiger partial charge in [0.25, 0.3) is 0 Å². The van der Waals surface area contributed by atoms with Gasteiger partial charge in [-0.05, 0) is 55.0 Å². The maximum Gasteiger partial charge on any atom is 0.303 e. The van der Waals surface area contributed by atoms with Gasteiger partial charge in [0.15, 0.2) is 11.5 Å². The summed E-state index contributed by atoms with van der Waals surface area (Å²) in [6, 6.07) is 12.5. The lowest BCUT2D eigenvalue weighted by Crippen LogP contribution is -2.56. The van der Waals surface area contributed by atoms with Gasteiger partial charge in [0.05, 0.1) is 12.6 Å². The Morgan fingerprint density at radius 3 is 2.50 bits per heavy atom. The quantitative estimate of drug-likeness (QED) is 0.404. The average Bonchev–Trinajstić information content (AvgIpc) is 2.83. The molecule has 0 radical (unpaired) electrons. The van der Waals surface area contributed by atoms with E-state index in [0.717, 1.165) is 24.2 Å². The molecule has 180 valence electrons. The van der Waals surface area contributed by atoms with Gasteiger partial charge in [-0.3, -0.25) is 20.3 Å². The molecule has 34 heavy (non-hydrogen) atoms. The van der Waals surface area contributed by atoms with Gasteiger partial charge < -0.3 is 14.9 Å². The third-order valence-corrected chi connectivity index (χ3v) is 6.58. The number of nitrogens with zero attached hydrogens (tertiary/aromatic N) is 2. The van der Waals surface area contributed by atoms with Crippen molar-refractivity contribution in [1.82, 2.24) is 5.01 Å². The first-order valence-electron chi connectivity index (χ1n) is 11.7. The van der Waals surface area contributed by atoms with Crippen molar-refractivity contribution in [2.45, 2.75) is 44.2 Å². The van der Waals surface area contributed by atoms with Crippen molar-refractivity contribution in [2.24, 2.45) is 16.8 Å². The Balaban J connectivity index is 1.49. The number of carbonyl (C=O) groups is 2. The van der Waals surface area contributed by atoms with Crippen molar-refractivity contribution in [3.8, 4) is 5.75 Å². The summed E-state index contributed by atoms with van der Waals surface area (Å²) in [6.45, 7) is 1.75. The molecule has 0 saturated carbocycles. The first-order valence-corrected chi connectivity index (χ1v) is 11.7. The molecule has 0 spiro atoms. The second-order valence-corrected chi connectivity index (χ2v) is 9.06. The van der Waals surface area contributed by atoms with Gasteiger partial charge in [-0.15, -0.1) is 0 Å². The van der Waals surface area contributed by atoms with E-state index in [2.05, 4.69) is 10.1 Å². The first-order chi connectivity index (χ1) is 16.4. The molecule has 4 N–H and O–H groups in total. The summed E-state index contributed by atoms with van der Waals surface area (Å²) in [4.78, 5) is 24.5. The zero-order valence-corrected chi connectivity index (χ0v) is 19.2. The summed E-state index contributed by atoms with van der Waals surface area (Å²) >= 11 is 0. The van der Waals surface area contributed by atoms with E-state index in [1.165, 1.54) is 19.3 Å². The van der Waals surface area contributed by atoms with Crippen LogP contribution in [-0.2, 0) is 11.2 Å². The van der Waals surface area contributed by atoms with E-state index in [0.29, 0.717) is 23.3 Å². The fraction of sp³-hybridized carbons (Fsp3) is 0.423. The minimum atomic E-state index is -1.27. The number of piperidine rings is 1. The second-order valence-electron chi connectivity index (χ2n) is 9.06. The normalized spacial score (nSPS) is 22.3. The molecule has 0 aromatic heterocycles. The Morgan fingerprint density at radius 2 is 1.82 bits per heavy atom. The molecule has 2 atom stereocenters. The van der Waals surface area contributed by atoms with E-state index in [-0.39, 0.29) is 25.2 Å². The second kappa shape index (κ2) is 10.4. The fourth-order valence-electron chi connectivity index (χ4n) is 4.62. The molecule has 0 aliphatic carbocycles. The fourth-order valence-corrected chi connectivity index (χ4v) is 4.62. The van der Waals surface area contributed by atoms with Crippen LogP contribution >= 0.6 is 0 Å². The molecular formula is C26H31N3O5. The number of aliphatic hydroxyl groups is 1. The number of rotatable bonds is 8. The van der Waals surface area contributed by atoms with Crippen LogP contribution in [0.3, 0.4) is 0 Å². The molecule has 2 aromatic carbocycles. The first kappa shape index (κ1) is 23.9. The van der Waals surface area contributed by atoms with Crippen molar-refractivity contribution in [2.75, 3.05) is 19.7 Å². The van der Waals surface area contributed by atoms with Crippen LogP contribution in [0.15, 0.2) is 47.6 Å². The van der Waals surface area contributed by atoms with Crippen LogP contribution < -0.4 is 10.5 Å². The molecule has 1 fully saturated rings. The predicted octanol–water partition coefficient (Wildman–Crippen LogP) is 2.80. The molecule has 2 aliphatic rings. The van der Waals surface area contributed by atoms with E-state index in [1.54, 1.807) is 30.3 Å². The van der Waals surface area contributed by atoms with Crippen molar-refractivity contribution < 1.29 is 24.5 Å². The highest BCUT2D eigenvalue weighted by molar-refractivity contribution is 6.09. The average molecular weight is 466 g/mol. The smallest absolute Gasteiger partial charge is 0.303 e. The van der Waals surface area contributed by atoms with Crippen LogP contribution in [0, 0.1) is 5.92 Å². The summed E-state index contributed by atoms with van der Waals surface area (Å²) < 4.78 is 5.93. The van der Waals surface area contributed by atoms with Crippen LogP contribution in [0.5, 0.6) is 5.75 Å². The lowest BCUT2D eigenvalue weighted by atomic mass is 9.81. The molecule has 2 unspecified atom stereocenters. The maximum atomic E-state index is 13.1. The molecular weight excluding hydrogens is 434 g/mol. The van der Waals surface area contributed by atoms with Gasteiger partial charge in [-0.2, -0.15) is 5.10 Å². The van der Waals surface area contributed by atoms with Gasteiger partial charge in [0.2, 0.25) is 0 Å². The van der Waals surface area contributed by atoms with Gasteiger partial charge in [-0.1, -0.05) is 24.3 Å². The number of hydrogen-bond acceptors (Lipinski definition) is 7. The molecule has 8 heteroatoms. The number of carboxylic acids is 1. The molecule has 8 nitrogen and oxygen atoms in total. The number of carboxylic acid groups (broad SMARTS) is 1. The highest BCUT2D eigenvalue weighted by Crippen LogP contribution is 2.38. The number of ketones is 1. The molecule has 2 aromatic rings. The molecule has 0 amide bonds. The molecule has 2 heterocycles. The van der Waals surface area contributed by atoms with Crippen LogP contribution in [0.25, 0.3) is 0 Å². The Labute approximate surface area is 199 Å². The van der Waals surface area contributed by atoms with E-state index in [1.807, 2.05) is 18.3 Å². The largest absolute Gasteiger partial charge is 0.481 e. The van der Waals surface area contributed by atoms with Crippen molar-refractivity contribution in [1.29, 1.82) is 0 Å². The van der Waals surface area contributed by atoms with Gasteiger partial charge in [-0.25, -0.2) is 0 Å². The minimum absolute atomic E-state index is 0.123. The number of carbonyl (C=O) groups excluding carboxylic acids is 1. The van der Waals surface area contributed by atoms with Crippen molar-refractivity contribution >= 4 is 18.0 Å². The van der Waals surface area contributed by atoms with Crippen LogP contribution in [0.1, 0.15) is 59.2 Å². The van der Waals surface area contributed by atoms with Crippen LogP contribution in [0.4, 0.5) is 0 Å². The predicted molar refractivity (Wildman–Crippen MR) is 128 cm³/mol. The summed E-state index contributed by atoms with van der Waals surface area (Å²) in [6.07, 6.45) is 5.71. The Bertz CT molecular complexity index is 1060. The van der Waals surface area contributed by atoms with E-state index in [9.17, 15) is 19.8 Å². The summed E-state index contributed by atoms with van der Waals surface area (Å²) in [5, 5.41) is 25.3. The Hall–Kier alpha value is -3.23. The number of benzene rings is 2. The molecule has 1 saturated heterocycles. The van der Waals surface area contributed by atoms with Crippen molar-refractivity contribution in [3.05, 3.63) is 64.7 Å². The Kier molecular flexibility index (Phi) is 7.29. The number of nitrogens with two attached hydrogens (primary N) is 1. The standard InChI is InChI=1S/C26H31N3O5/c27-26(10-13-30)22(16-24(31)32)15-21-14-20(8-9-23(21)34-26)25(33)19-6-4-18(5-7-19)17-28-29-11-2-1-3-12-29/h4-9,14,17,22,30H,1-3,10-13,15-16,27H2,(H,31,32). The molecule has 4 rings (SSSR count). The number of fused-ring (bicyclic) bond motifs is 1. The zero-order chi connectivity index (χ0) is 24.1. The topological polar surface area (TPSA) is 125 Å². The van der Waals surface area contributed by atoms with Gasteiger partial charge in [0.1, 0.15) is 5.75 Å². The molecule has 0 bridgehead atoms. The monoisotopic (exact) mass is 465 g/mol. The number of aliphatic hydroxyl groups excluding tert-OH is 1. The molecule has 2 aliphatic heterocycles.